The Hall–Kier alpha value is -1.62. The average molecular weight is 336 g/mol. The van der Waals surface area contributed by atoms with Crippen LogP contribution in [0.4, 0.5) is 5.69 Å². The van der Waals surface area contributed by atoms with Crippen LogP contribution in [0, 0.1) is 0 Å². The Labute approximate surface area is 127 Å². The number of H-pyrrole nitrogens is 1. The number of carbonyl (C=O) groups excluding carboxylic acids is 1. The minimum atomic E-state index is -0.215. The number of benzene rings is 1. The molecular weight excluding hydrogens is 318 g/mol. The number of halogens is 1. The van der Waals surface area contributed by atoms with E-state index >= 15 is 0 Å². The zero-order valence-electron chi connectivity index (χ0n) is 11.8. The topological polar surface area (TPSA) is 57.8 Å². The number of aryl methyl sites for hydroxylation is 1. The van der Waals surface area contributed by atoms with Crippen LogP contribution in [0.5, 0.6) is 0 Å². The van der Waals surface area contributed by atoms with E-state index in [1.165, 1.54) is 5.56 Å². The molecule has 0 saturated heterocycles. The van der Waals surface area contributed by atoms with E-state index in [0.717, 1.165) is 22.3 Å². The molecule has 0 fully saturated rings. The van der Waals surface area contributed by atoms with Gasteiger partial charge in [-0.1, -0.05) is 32.9 Å². The fraction of sp³-hybridized carbons (Fsp3) is 0.333. The number of hydrogen-bond donors (Lipinski definition) is 2. The normalized spacial score (nSPS) is 10.8. The quantitative estimate of drug-likeness (QED) is 0.883. The molecule has 1 aromatic carbocycles. The molecule has 1 amide bonds. The molecule has 0 unspecified atom stereocenters. The van der Waals surface area contributed by atoms with E-state index in [2.05, 4.69) is 38.4 Å². The Bertz CT molecular complexity index is 619. The van der Waals surface area contributed by atoms with Gasteiger partial charge in [-0.3, -0.25) is 9.89 Å². The summed E-state index contributed by atoms with van der Waals surface area (Å²) in [7, 11) is 0. The fourth-order valence-electron chi connectivity index (χ4n) is 1.93. The summed E-state index contributed by atoms with van der Waals surface area (Å²) in [6, 6.07) is 7.83. The van der Waals surface area contributed by atoms with Crippen molar-refractivity contribution in [1.29, 1.82) is 0 Å². The molecule has 0 aliphatic heterocycles. The van der Waals surface area contributed by atoms with Gasteiger partial charge in [0.25, 0.3) is 5.91 Å². The Kier molecular flexibility index (Phi) is 4.60. The number of amides is 1. The molecule has 0 bridgehead atoms. The molecule has 0 saturated carbocycles. The summed E-state index contributed by atoms with van der Waals surface area (Å²) < 4.78 is 0.733. The first kappa shape index (κ1) is 14.8. The second-order valence-electron chi connectivity index (χ2n) is 4.96. The van der Waals surface area contributed by atoms with Gasteiger partial charge in [-0.2, -0.15) is 5.10 Å². The molecule has 0 aliphatic rings. The summed E-state index contributed by atoms with van der Waals surface area (Å²) in [5.41, 5.74) is 3.29. The van der Waals surface area contributed by atoms with Crippen LogP contribution in [0.1, 0.15) is 48.4 Å². The smallest absolute Gasteiger partial charge is 0.277 e. The molecule has 2 aromatic rings. The Morgan fingerprint density at radius 2 is 2.20 bits per heavy atom. The van der Waals surface area contributed by atoms with Crippen molar-refractivity contribution < 1.29 is 4.79 Å². The molecular formula is C15H18BrN3O. The van der Waals surface area contributed by atoms with Gasteiger partial charge >= 0.3 is 0 Å². The van der Waals surface area contributed by atoms with Crippen molar-refractivity contribution in [3.8, 4) is 0 Å². The lowest BCUT2D eigenvalue weighted by molar-refractivity contribution is 0.102. The zero-order valence-corrected chi connectivity index (χ0v) is 13.4. The Morgan fingerprint density at radius 3 is 2.80 bits per heavy atom. The number of hydrogen-bond acceptors (Lipinski definition) is 2. The van der Waals surface area contributed by atoms with E-state index in [1.54, 1.807) is 0 Å². The minimum Gasteiger partial charge on any atom is -0.321 e. The summed E-state index contributed by atoms with van der Waals surface area (Å²) in [6.07, 6.45) is 0.938. The van der Waals surface area contributed by atoms with E-state index in [1.807, 2.05) is 38.1 Å². The predicted molar refractivity (Wildman–Crippen MR) is 84.1 cm³/mol. The van der Waals surface area contributed by atoms with E-state index < -0.39 is 0 Å². The van der Waals surface area contributed by atoms with Crippen LogP contribution in [0.3, 0.4) is 0 Å². The van der Waals surface area contributed by atoms with Crippen molar-refractivity contribution >= 4 is 27.5 Å². The largest absolute Gasteiger partial charge is 0.321 e. The lowest BCUT2D eigenvalue weighted by Gasteiger charge is -2.06. The van der Waals surface area contributed by atoms with Crippen molar-refractivity contribution in [2.24, 2.45) is 0 Å². The predicted octanol–water partition coefficient (Wildman–Crippen LogP) is 4.11. The lowest BCUT2D eigenvalue weighted by Crippen LogP contribution is -2.13. The van der Waals surface area contributed by atoms with Gasteiger partial charge < -0.3 is 5.32 Å². The van der Waals surface area contributed by atoms with Crippen LogP contribution in [-0.2, 0) is 6.42 Å². The van der Waals surface area contributed by atoms with Crippen LogP contribution < -0.4 is 5.32 Å². The third-order valence-corrected chi connectivity index (χ3v) is 3.92. The van der Waals surface area contributed by atoms with Gasteiger partial charge in [-0.05, 0) is 46.0 Å². The standard InChI is InChI=1S/C15H18BrN3O/c1-4-10-6-5-7-11(8-10)17-15(20)14-12(16)13(9(2)3)18-19-14/h5-9H,4H2,1-3H3,(H,17,20)(H,18,19). The van der Waals surface area contributed by atoms with E-state index in [0.29, 0.717) is 5.69 Å². The highest BCUT2D eigenvalue weighted by Crippen LogP contribution is 2.26. The lowest BCUT2D eigenvalue weighted by atomic mass is 10.1. The van der Waals surface area contributed by atoms with Gasteiger partial charge in [-0.15, -0.1) is 0 Å². The average Bonchev–Trinajstić information content (AvgIpc) is 2.81. The number of carbonyl (C=O) groups is 1. The maximum absolute atomic E-state index is 12.2. The summed E-state index contributed by atoms with van der Waals surface area (Å²) in [5.74, 6) is 0.0649. The second kappa shape index (κ2) is 6.22. The van der Waals surface area contributed by atoms with Crippen molar-refractivity contribution in [2.75, 3.05) is 5.32 Å². The van der Waals surface area contributed by atoms with Gasteiger partial charge in [-0.25, -0.2) is 0 Å². The van der Waals surface area contributed by atoms with Crippen molar-refractivity contribution in [3.05, 3.63) is 45.7 Å². The molecule has 0 spiro atoms. The van der Waals surface area contributed by atoms with Crippen LogP contribution in [-0.4, -0.2) is 16.1 Å². The van der Waals surface area contributed by atoms with E-state index in [4.69, 9.17) is 0 Å². The number of anilines is 1. The Morgan fingerprint density at radius 1 is 1.45 bits per heavy atom. The molecule has 106 valence electrons. The summed E-state index contributed by atoms with van der Waals surface area (Å²) in [6.45, 7) is 6.18. The molecule has 1 aromatic heterocycles. The number of rotatable bonds is 4. The monoisotopic (exact) mass is 335 g/mol. The van der Waals surface area contributed by atoms with Crippen molar-refractivity contribution in [1.82, 2.24) is 10.2 Å². The van der Waals surface area contributed by atoms with Crippen molar-refractivity contribution in [2.45, 2.75) is 33.1 Å². The summed E-state index contributed by atoms with van der Waals surface area (Å²) in [5, 5.41) is 9.87. The number of aromatic amines is 1. The van der Waals surface area contributed by atoms with Crippen LogP contribution in [0.2, 0.25) is 0 Å². The third-order valence-electron chi connectivity index (χ3n) is 3.12. The third kappa shape index (κ3) is 3.10. The summed E-state index contributed by atoms with van der Waals surface area (Å²) in [4.78, 5) is 12.2. The maximum atomic E-state index is 12.2. The first-order valence-corrected chi connectivity index (χ1v) is 7.46. The highest BCUT2D eigenvalue weighted by molar-refractivity contribution is 9.10. The molecule has 4 nitrogen and oxygen atoms in total. The molecule has 0 aliphatic carbocycles. The van der Waals surface area contributed by atoms with E-state index in [9.17, 15) is 4.79 Å². The first-order valence-electron chi connectivity index (χ1n) is 6.67. The molecule has 2 rings (SSSR count). The van der Waals surface area contributed by atoms with Gasteiger partial charge in [0.15, 0.2) is 5.69 Å². The number of nitrogens with zero attached hydrogens (tertiary/aromatic N) is 1. The van der Waals surface area contributed by atoms with E-state index in [-0.39, 0.29) is 11.8 Å². The van der Waals surface area contributed by atoms with Crippen LogP contribution >= 0.6 is 15.9 Å². The van der Waals surface area contributed by atoms with Gasteiger partial charge in [0, 0.05) is 5.69 Å². The van der Waals surface area contributed by atoms with Gasteiger partial charge in [0.1, 0.15) is 0 Å². The SMILES string of the molecule is CCc1cccc(NC(=O)c2n[nH]c(C(C)C)c2Br)c1. The molecule has 20 heavy (non-hydrogen) atoms. The molecule has 0 atom stereocenters. The minimum absolute atomic E-state index is 0.215. The highest BCUT2D eigenvalue weighted by Gasteiger charge is 2.19. The van der Waals surface area contributed by atoms with Crippen LogP contribution in [0.25, 0.3) is 0 Å². The van der Waals surface area contributed by atoms with Crippen LogP contribution in [0.15, 0.2) is 28.7 Å². The fourth-order valence-corrected chi connectivity index (χ4v) is 2.75. The summed E-state index contributed by atoms with van der Waals surface area (Å²) >= 11 is 3.44. The second-order valence-corrected chi connectivity index (χ2v) is 5.76. The first-order chi connectivity index (χ1) is 9.52. The Balaban J connectivity index is 2.19. The number of nitrogens with one attached hydrogen (secondary N) is 2. The van der Waals surface area contributed by atoms with Gasteiger partial charge in [0.2, 0.25) is 0 Å². The van der Waals surface area contributed by atoms with Gasteiger partial charge in [0.05, 0.1) is 10.2 Å². The maximum Gasteiger partial charge on any atom is 0.277 e. The number of aromatic nitrogens is 2. The molecule has 0 radical (unpaired) electrons. The molecule has 2 N–H and O–H groups in total. The molecule has 1 heterocycles. The molecule has 5 heteroatoms. The highest BCUT2D eigenvalue weighted by atomic mass is 79.9. The zero-order chi connectivity index (χ0) is 14.7. The van der Waals surface area contributed by atoms with Crippen molar-refractivity contribution in [3.63, 3.8) is 0 Å².